The number of likely N-dealkylation sites (tertiary alicyclic amines) is 1. The van der Waals surface area contributed by atoms with Crippen molar-refractivity contribution < 1.29 is 14.6 Å². The molecule has 2 heterocycles. The average molecular weight is 253 g/mol. The quantitative estimate of drug-likeness (QED) is 0.843. The Labute approximate surface area is 106 Å². The van der Waals surface area contributed by atoms with Crippen molar-refractivity contribution in [3.63, 3.8) is 0 Å². The highest BCUT2D eigenvalue weighted by atomic mass is 16.4. The summed E-state index contributed by atoms with van der Waals surface area (Å²) in [4.78, 5) is 13.6. The minimum atomic E-state index is -0.495. The van der Waals surface area contributed by atoms with E-state index in [1.54, 1.807) is 0 Å². The normalized spacial score (nSPS) is 18.1. The van der Waals surface area contributed by atoms with Crippen molar-refractivity contribution in [1.82, 2.24) is 4.90 Å². The molecule has 0 aromatic carbocycles. The van der Waals surface area contributed by atoms with E-state index in [9.17, 15) is 9.90 Å². The topological polar surface area (TPSA) is 73.9 Å². The monoisotopic (exact) mass is 253 g/mol. The molecule has 0 aliphatic carbocycles. The van der Waals surface area contributed by atoms with Gasteiger partial charge < -0.3 is 14.6 Å². The lowest BCUT2D eigenvalue weighted by Crippen LogP contribution is -2.32. The fourth-order valence-corrected chi connectivity index (χ4v) is 2.20. The number of aromatic hydroxyl groups is 1. The molecule has 0 spiro atoms. The first-order valence-electron chi connectivity index (χ1n) is 6.28. The molecule has 1 saturated heterocycles. The maximum absolute atomic E-state index is 11.5. The van der Waals surface area contributed by atoms with Crippen LogP contribution >= 0.6 is 0 Å². The standard InChI is InChI=1S/C13H19NO4/c1-9-2-4-14(5-3-9)7-12-13(17)11(16)6-10(8-15)18-12/h6,9,15,17H,2-5,7-8H2,1H3. The summed E-state index contributed by atoms with van der Waals surface area (Å²) >= 11 is 0. The van der Waals surface area contributed by atoms with Crippen LogP contribution in [-0.2, 0) is 13.2 Å². The fraction of sp³-hybridized carbons (Fsp3) is 0.615. The summed E-state index contributed by atoms with van der Waals surface area (Å²) in [6.45, 7) is 4.18. The molecule has 0 saturated carbocycles. The summed E-state index contributed by atoms with van der Waals surface area (Å²) in [6, 6.07) is 1.12. The lowest BCUT2D eigenvalue weighted by atomic mass is 9.99. The highest BCUT2D eigenvalue weighted by molar-refractivity contribution is 5.24. The van der Waals surface area contributed by atoms with Crippen LogP contribution in [0.15, 0.2) is 15.3 Å². The van der Waals surface area contributed by atoms with Crippen LogP contribution in [0.3, 0.4) is 0 Å². The lowest BCUT2D eigenvalue weighted by Gasteiger charge is -2.29. The molecular weight excluding hydrogens is 234 g/mol. The maximum atomic E-state index is 11.5. The van der Waals surface area contributed by atoms with Gasteiger partial charge in [-0.15, -0.1) is 0 Å². The van der Waals surface area contributed by atoms with Crippen LogP contribution in [0.2, 0.25) is 0 Å². The Kier molecular flexibility index (Phi) is 4.04. The highest BCUT2D eigenvalue weighted by Gasteiger charge is 2.19. The SMILES string of the molecule is CC1CCN(Cc2oc(CO)cc(=O)c2O)CC1. The van der Waals surface area contributed by atoms with Crippen LogP contribution < -0.4 is 5.43 Å². The van der Waals surface area contributed by atoms with Gasteiger partial charge in [0, 0.05) is 6.07 Å². The Morgan fingerprint density at radius 3 is 2.72 bits per heavy atom. The molecule has 1 aliphatic heterocycles. The molecule has 5 nitrogen and oxygen atoms in total. The summed E-state index contributed by atoms with van der Waals surface area (Å²) < 4.78 is 5.33. The number of hydrogen-bond acceptors (Lipinski definition) is 5. The molecule has 1 fully saturated rings. The lowest BCUT2D eigenvalue weighted by molar-refractivity contribution is 0.162. The molecule has 5 heteroatoms. The van der Waals surface area contributed by atoms with E-state index in [2.05, 4.69) is 11.8 Å². The Morgan fingerprint density at radius 1 is 1.44 bits per heavy atom. The van der Waals surface area contributed by atoms with Crippen LogP contribution in [-0.4, -0.2) is 28.2 Å². The van der Waals surface area contributed by atoms with Gasteiger partial charge in [0.15, 0.2) is 5.76 Å². The first kappa shape index (κ1) is 13.1. The van der Waals surface area contributed by atoms with Crippen LogP contribution in [0, 0.1) is 5.92 Å². The van der Waals surface area contributed by atoms with Gasteiger partial charge in [-0.1, -0.05) is 6.92 Å². The number of nitrogens with zero attached hydrogens (tertiary/aromatic N) is 1. The molecule has 18 heavy (non-hydrogen) atoms. The third-order valence-corrected chi connectivity index (χ3v) is 3.44. The van der Waals surface area contributed by atoms with Crippen molar-refractivity contribution in [2.75, 3.05) is 13.1 Å². The van der Waals surface area contributed by atoms with E-state index < -0.39 is 5.43 Å². The first-order chi connectivity index (χ1) is 8.60. The van der Waals surface area contributed by atoms with E-state index >= 15 is 0 Å². The number of aliphatic hydroxyl groups is 1. The Balaban J connectivity index is 2.13. The fourth-order valence-electron chi connectivity index (χ4n) is 2.20. The van der Waals surface area contributed by atoms with Gasteiger partial charge in [-0.3, -0.25) is 9.69 Å². The average Bonchev–Trinajstić information content (AvgIpc) is 2.37. The number of piperidine rings is 1. The second-order valence-corrected chi connectivity index (χ2v) is 4.97. The van der Waals surface area contributed by atoms with Crippen molar-refractivity contribution in [2.24, 2.45) is 5.92 Å². The van der Waals surface area contributed by atoms with E-state index in [1.807, 2.05) is 0 Å². The van der Waals surface area contributed by atoms with Crippen molar-refractivity contribution in [1.29, 1.82) is 0 Å². The van der Waals surface area contributed by atoms with Crippen LogP contribution in [0.25, 0.3) is 0 Å². The molecule has 0 amide bonds. The van der Waals surface area contributed by atoms with Gasteiger partial charge in [-0.25, -0.2) is 0 Å². The molecule has 0 atom stereocenters. The van der Waals surface area contributed by atoms with Crippen LogP contribution in [0.4, 0.5) is 0 Å². The second-order valence-electron chi connectivity index (χ2n) is 4.97. The summed E-state index contributed by atoms with van der Waals surface area (Å²) in [5, 5.41) is 18.7. The van der Waals surface area contributed by atoms with Gasteiger partial charge in [0.05, 0.1) is 6.54 Å². The molecule has 0 bridgehead atoms. The third kappa shape index (κ3) is 2.91. The second kappa shape index (κ2) is 5.54. The number of rotatable bonds is 3. The molecule has 100 valence electrons. The minimum Gasteiger partial charge on any atom is -0.502 e. The van der Waals surface area contributed by atoms with Crippen molar-refractivity contribution in [2.45, 2.75) is 32.9 Å². The van der Waals surface area contributed by atoms with Crippen LogP contribution in [0.5, 0.6) is 5.75 Å². The Hall–Kier alpha value is -1.33. The van der Waals surface area contributed by atoms with Crippen molar-refractivity contribution in [3.8, 4) is 5.75 Å². The molecular formula is C13H19NO4. The zero-order valence-electron chi connectivity index (χ0n) is 10.6. The first-order valence-corrected chi connectivity index (χ1v) is 6.28. The maximum Gasteiger partial charge on any atom is 0.227 e. The molecule has 2 rings (SSSR count). The Morgan fingerprint density at radius 2 is 2.11 bits per heavy atom. The van der Waals surface area contributed by atoms with E-state index in [-0.39, 0.29) is 23.9 Å². The van der Waals surface area contributed by atoms with Gasteiger partial charge in [0.25, 0.3) is 0 Å². The van der Waals surface area contributed by atoms with Gasteiger partial charge in [0.2, 0.25) is 11.2 Å². The zero-order valence-corrected chi connectivity index (χ0v) is 10.6. The highest BCUT2D eigenvalue weighted by Crippen LogP contribution is 2.21. The van der Waals surface area contributed by atoms with Crippen molar-refractivity contribution >= 4 is 0 Å². The van der Waals surface area contributed by atoms with E-state index in [1.165, 1.54) is 0 Å². The summed E-state index contributed by atoms with van der Waals surface area (Å²) in [5.41, 5.74) is -0.495. The van der Waals surface area contributed by atoms with Gasteiger partial charge in [-0.05, 0) is 31.8 Å². The molecule has 0 unspecified atom stereocenters. The summed E-state index contributed by atoms with van der Waals surface area (Å²) in [7, 11) is 0. The Bertz CT molecular complexity index is 461. The van der Waals surface area contributed by atoms with Crippen LogP contribution in [0.1, 0.15) is 31.3 Å². The number of hydrogen-bond donors (Lipinski definition) is 2. The van der Waals surface area contributed by atoms with Gasteiger partial charge in [-0.2, -0.15) is 0 Å². The van der Waals surface area contributed by atoms with Gasteiger partial charge >= 0.3 is 0 Å². The summed E-state index contributed by atoms with van der Waals surface area (Å²) in [5.74, 6) is 0.829. The molecule has 1 aromatic heterocycles. The third-order valence-electron chi connectivity index (χ3n) is 3.44. The van der Waals surface area contributed by atoms with E-state index in [0.29, 0.717) is 6.54 Å². The molecule has 1 aliphatic rings. The van der Waals surface area contributed by atoms with Crippen molar-refractivity contribution in [3.05, 3.63) is 27.8 Å². The molecule has 0 radical (unpaired) electrons. The number of aliphatic hydroxyl groups excluding tert-OH is 1. The predicted molar refractivity (Wildman–Crippen MR) is 66.2 cm³/mol. The van der Waals surface area contributed by atoms with E-state index in [4.69, 9.17) is 9.52 Å². The smallest absolute Gasteiger partial charge is 0.227 e. The zero-order chi connectivity index (χ0) is 13.1. The predicted octanol–water partition coefficient (Wildman–Crippen LogP) is 1.07. The molecule has 1 aromatic rings. The largest absolute Gasteiger partial charge is 0.502 e. The minimum absolute atomic E-state index is 0.193. The van der Waals surface area contributed by atoms with Gasteiger partial charge in [0.1, 0.15) is 12.4 Å². The molecule has 2 N–H and O–H groups in total. The van der Waals surface area contributed by atoms with E-state index in [0.717, 1.165) is 37.9 Å². The summed E-state index contributed by atoms with van der Waals surface area (Å²) in [6.07, 6.45) is 2.23.